The van der Waals surface area contributed by atoms with Gasteiger partial charge in [0.1, 0.15) is 5.82 Å². The number of aryl methyl sites for hydroxylation is 1. The standard InChI is InChI=1S/C11H15N5S/c1-7(2)10-14-15-11(17)16(10)6-9-5-12-8(3)4-13-9/h4-5,7H,6H2,1-3H3,(H,15,17). The number of hydrogen-bond acceptors (Lipinski definition) is 4. The zero-order chi connectivity index (χ0) is 12.4. The Labute approximate surface area is 105 Å². The highest BCUT2D eigenvalue weighted by atomic mass is 32.1. The van der Waals surface area contributed by atoms with E-state index in [0.717, 1.165) is 17.2 Å². The normalized spacial score (nSPS) is 11.1. The largest absolute Gasteiger partial charge is 0.298 e. The third-order valence-corrected chi connectivity index (χ3v) is 2.77. The molecule has 0 unspecified atom stereocenters. The molecule has 0 aliphatic heterocycles. The molecule has 2 aromatic heterocycles. The highest BCUT2D eigenvalue weighted by Crippen LogP contribution is 2.12. The predicted octanol–water partition coefficient (Wildman–Crippen LogP) is 2.21. The van der Waals surface area contributed by atoms with Crippen molar-refractivity contribution in [1.29, 1.82) is 0 Å². The number of aromatic nitrogens is 5. The molecule has 0 aliphatic carbocycles. The van der Waals surface area contributed by atoms with Crippen LogP contribution in [-0.2, 0) is 6.54 Å². The summed E-state index contributed by atoms with van der Waals surface area (Å²) < 4.78 is 2.58. The van der Waals surface area contributed by atoms with Crippen LogP contribution in [0.1, 0.15) is 37.0 Å². The zero-order valence-electron chi connectivity index (χ0n) is 10.1. The van der Waals surface area contributed by atoms with Gasteiger partial charge in [0.15, 0.2) is 4.77 Å². The van der Waals surface area contributed by atoms with Gasteiger partial charge in [-0.05, 0) is 19.1 Å². The average molecular weight is 249 g/mol. The van der Waals surface area contributed by atoms with Gasteiger partial charge in [0.05, 0.1) is 24.1 Å². The van der Waals surface area contributed by atoms with E-state index < -0.39 is 0 Å². The van der Waals surface area contributed by atoms with Crippen molar-refractivity contribution in [3.05, 3.63) is 34.4 Å². The maximum absolute atomic E-state index is 5.21. The summed E-state index contributed by atoms with van der Waals surface area (Å²) in [5.41, 5.74) is 1.80. The Balaban J connectivity index is 2.32. The highest BCUT2D eigenvalue weighted by molar-refractivity contribution is 7.71. The van der Waals surface area contributed by atoms with E-state index in [9.17, 15) is 0 Å². The molecule has 17 heavy (non-hydrogen) atoms. The Morgan fingerprint density at radius 3 is 2.71 bits per heavy atom. The van der Waals surface area contributed by atoms with Gasteiger partial charge < -0.3 is 0 Å². The lowest BCUT2D eigenvalue weighted by atomic mass is 10.2. The van der Waals surface area contributed by atoms with E-state index in [0.29, 0.717) is 17.2 Å². The fourth-order valence-electron chi connectivity index (χ4n) is 1.59. The number of rotatable bonds is 3. The van der Waals surface area contributed by atoms with Gasteiger partial charge in [0.2, 0.25) is 0 Å². The van der Waals surface area contributed by atoms with Gasteiger partial charge in [-0.3, -0.25) is 19.6 Å². The molecule has 2 rings (SSSR count). The van der Waals surface area contributed by atoms with Crippen molar-refractivity contribution in [2.24, 2.45) is 0 Å². The molecule has 0 atom stereocenters. The first-order valence-corrected chi connectivity index (χ1v) is 5.91. The third kappa shape index (κ3) is 2.58. The number of hydrogen-bond donors (Lipinski definition) is 1. The summed E-state index contributed by atoms with van der Waals surface area (Å²) in [6.45, 7) is 6.69. The van der Waals surface area contributed by atoms with Crippen LogP contribution in [0.25, 0.3) is 0 Å². The second kappa shape index (κ2) is 4.75. The van der Waals surface area contributed by atoms with Crippen LogP contribution < -0.4 is 0 Å². The van der Waals surface area contributed by atoms with Crippen molar-refractivity contribution in [2.45, 2.75) is 33.2 Å². The van der Waals surface area contributed by atoms with Gasteiger partial charge in [-0.2, -0.15) is 5.10 Å². The first kappa shape index (κ1) is 11.9. The van der Waals surface area contributed by atoms with E-state index in [1.54, 1.807) is 12.4 Å². The maximum atomic E-state index is 5.21. The van der Waals surface area contributed by atoms with Crippen LogP contribution in [0.3, 0.4) is 0 Å². The second-order valence-corrected chi connectivity index (χ2v) is 4.66. The first-order valence-electron chi connectivity index (χ1n) is 5.50. The molecule has 0 spiro atoms. The highest BCUT2D eigenvalue weighted by Gasteiger charge is 2.10. The minimum absolute atomic E-state index is 0.321. The summed E-state index contributed by atoms with van der Waals surface area (Å²) >= 11 is 5.21. The molecule has 0 saturated carbocycles. The monoisotopic (exact) mass is 249 g/mol. The van der Waals surface area contributed by atoms with Gasteiger partial charge in [-0.15, -0.1) is 0 Å². The van der Waals surface area contributed by atoms with E-state index in [2.05, 4.69) is 34.0 Å². The van der Waals surface area contributed by atoms with Crippen LogP contribution in [0.15, 0.2) is 12.4 Å². The zero-order valence-corrected chi connectivity index (χ0v) is 11.0. The number of H-pyrrole nitrogens is 1. The smallest absolute Gasteiger partial charge is 0.195 e. The van der Waals surface area contributed by atoms with Crippen molar-refractivity contribution in [3.63, 3.8) is 0 Å². The Kier molecular flexibility index (Phi) is 3.33. The van der Waals surface area contributed by atoms with Crippen LogP contribution in [0.2, 0.25) is 0 Å². The van der Waals surface area contributed by atoms with Crippen LogP contribution in [-0.4, -0.2) is 24.7 Å². The lowest BCUT2D eigenvalue weighted by molar-refractivity contribution is 0.653. The fourth-order valence-corrected chi connectivity index (χ4v) is 1.79. The molecule has 0 fully saturated rings. The summed E-state index contributed by atoms with van der Waals surface area (Å²) in [4.78, 5) is 8.55. The molecule has 2 aromatic rings. The summed E-state index contributed by atoms with van der Waals surface area (Å²) in [6.07, 6.45) is 3.53. The molecule has 0 aromatic carbocycles. The lowest BCUT2D eigenvalue weighted by Gasteiger charge is -2.08. The van der Waals surface area contributed by atoms with Crippen molar-refractivity contribution in [2.75, 3.05) is 0 Å². The number of aromatic amines is 1. The summed E-state index contributed by atoms with van der Waals surface area (Å²) in [5.74, 6) is 1.26. The van der Waals surface area contributed by atoms with Gasteiger partial charge >= 0.3 is 0 Å². The lowest BCUT2D eigenvalue weighted by Crippen LogP contribution is -2.08. The van der Waals surface area contributed by atoms with Crippen molar-refractivity contribution >= 4 is 12.2 Å². The molecule has 0 radical (unpaired) electrons. The molecule has 6 heteroatoms. The average Bonchev–Trinajstić information content (AvgIpc) is 2.64. The SMILES string of the molecule is Cc1cnc(Cn2c(C(C)C)n[nH]c2=S)cn1. The number of nitrogens with one attached hydrogen (secondary N) is 1. The summed E-state index contributed by atoms with van der Waals surface area (Å²) in [6, 6.07) is 0. The molecule has 0 aliphatic rings. The first-order chi connectivity index (χ1) is 8.08. The van der Waals surface area contributed by atoms with Crippen LogP contribution in [0.5, 0.6) is 0 Å². The Bertz CT molecular complexity index is 552. The van der Waals surface area contributed by atoms with Gasteiger partial charge in [0.25, 0.3) is 0 Å². The van der Waals surface area contributed by atoms with Crippen LogP contribution in [0.4, 0.5) is 0 Å². The summed E-state index contributed by atoms with van der Waals surface area (Å²) in [7, 11) is 0. The third-order valence-electron chi connectivity index (χ3n) is 2.46. The maximum Gasteiger partial charge on any atom is 0.195 e. The van der Waals surface area contributed by atoms with E-state index in [-0.39, 0.29) is 0 Å². The van der Waals surface area contributed by atoms with E-state index in [1.165, 1.54) is 0 Å². The fraction of sp³-hybridized carbons (Fsp3) is 0.455. The van der Waals surface area contributed by atoms with Gasteiger partial charge in [0, 0.05) is 12.1 Å². The molecule has 0 saturated heterocycles. The molecule has 0 bridgehead atoms. The van der Waals surface area contributed by atoms with Crippen molar-refractivity contribution in [3.8, 4) is 0 Å². The minimum atomic E-state index is 0.321. The van der Waals surface area contributed by atoms with Crippen LogP contribution >= 0.6 is 12.2 Å². The van der Waals surface area contributed by atoms with E-state index in [4.69, 9.17) is 12.2 Å². The minimum Gasteiger partial charge on any atom is -0.298 e. The molecule has 90 valence electrons. The Morgan fingerprint density at radius 1 is 1.35 bits per heavy atom. The van der Waals surface area contributed by atoms with E-state index >= 15 is 0 Å². The summed E-state index contributed by atoms with van der Waals surface area (Å²) in [5, 5.41) is 7.04. The van der Waals surface area contributed by atoms with Crippen molar-refractivity contribution in [1.82, 2.24) is 24.7 Å². The molecular formula is C11H15N5S. The van der Waals surface area contributed by atoms with Gasteiger partial charge in [-0.25, -0.2) is 0 Å². The molecule has 0 amide bonds. The molecule has 5 nitrogen and oxygen atoms in total. The quantitative estimate of drug-likeness (QED) is 0.847. The Hall–Kier alpha value is -1.56. The number of nitrogens with zero attached hydrogens (tertiary/aromatic N) is 4. The predicted molar refractivity (Wildman–Crippen MR) is 67.4 cm³/mol. The van der Waals surface area contributed by atoms with Crippen molar-refractivity contribution < 1.29 is 0 Å². The molecular weight excluding hydrogens is 234 g/mol. The van der Waals surface area contributed by atoms with E-state index in [1.807, 2.05) is 11.5 Å². The molecule has 1 N–H and O–H groups in total. The van der Waals surface area contributed by atoms with Crippen LogP contribution in [0, 0.1) is 11.7 Å². The second-order valence-electron chi connectivity index (χ2n) is 4.28. The Morgan fingerprint density at radius 2 is 2.12 bits per heavy atom. The topological polar surface area (TPSA) is 59.4 Å². The molecule has 2 heterocycles. The van der Waals surface area contributed by atoms with Gasteiger partial charge in [-0.1, -0.05) is 13.8 Å².